The molecule has 76 valence electrons. The van der Waals surface area contributed by atoms with Gasteiger partial charge >= 0.3 is 6.09 Å². The summed E-state index contributed by atoms with van der Waals surface area (Å²) >= 11 is 0. The van der Waals surface area contributed by atoms with Crippen LogP contribution >= 0.6 is 0 Å². The number of carbonyl (C=O) groups is 1. The van der Waals surface area contributed by atoms with Gasteiger partial charge < -0.3 is 10.0 Å². The highest BCUT2D eigenvalue weighted by molar-refractivity contribution is 5.65. The topological polar surface area (TPSA) is 58.4 Å². The van der Waals surface area contributed by atoms with Gasteiger partial charge in [-0.15, -0.1) is 0 Å². The Hall–Kier alpha value is -1.52. The number of carboxylic acid groups (broad SMARTS) is 1. The molecule has 0 spiro atoms. The second kappa shape index (κ2) is 3.69. The van der Waals surface area contributed by atoms with Crippen LogP contribution in [-0.2, 0) is 6.54 Å². The van der Waals surface area contributed by atoms with E-state index in [4.69, 9.17) is 5.11 Å². The number of hydrogen-bond acceptors (Lipinski definition) is 2. The molecule has 1 fully saturated rings. The van der Waals surface area contributed by atoms with Gasteiger partial charge in [-0.3, -0.25) is 4.68 Å². The average Bonchev–Trinajstić information content (AvgIpc) is 2.75. The van der Waals surface area contributed by atoms with Gasteiger partial charge in [-0.2, -0.15) is 5.10 Å². The molecule has 0 bridgehead atoms. The summed E-state index contributed by atoms with van der Waals surface area (Å²) in [6.45, 7) is 1.32. The van der Waals surface area contributed by atoms with Crippen molar-refractivity contribution in [1.29, 1.82) is 0 Å². The molecule has 0 radical (unpaired) electrons. The van der Waals surface area contributed by atoms with Crippen LogP contribution in [0.15, 0.2) is 18.5 Å². The first-order chi connectivity index (χ1) is 6.77. The molecule has 1 atom stereocenters. The molecular weight excluding hydrogens is 182 g/mol. The molecule has 14 heavy (non-hydrogen) atoms. The van der Waals surface area contributed by atoms with Crippen LogP contribution in [0.2, 0.25) is 0 Å². The van der Waals surface area contributed by atoms with Gasteiger partial charge in [0, 0.05) is 18.9 Å². The minimum absolute atomic E-state index is 0.0902. The molecule has 0 aliphatic carbocycles. The van der Waals surface area contributed by atoms with Crippen LogP contribution in [0.4, 0.5) is 4.79 Å². The van der Waals surface area contributed by atoms with Crippen LogP contribution in [0.3, 0.4) is 0 Å². The summed E-state index contributed by atoms with van der Waals surface area (Å²) in [6.07, 6.45) is 4.64. The minimum atomic E-state index is -0.820. The lowest BCUT2D eigenvalue weighted by Gasteiger charge is -2.21. The molecule has 1 N–H and O–H groups in total. The van der Waals surface area contributed by atoms with Crippen LogP contribution < -0.4 is 0 Å². The third kappa shape index (κ3) is 1.71. The highest BCUT2D eigenvalue weighted by Gasteiger charge is 2.28. The maximum absolute atomic E-state index is 10.8. The quantitative estimate of drug-likeness (QED) is 0.766. The molecule has 5 nitrogen and oxygen atoms in total. The van der Waals surface area contributed by atoms with E-state index in [2.05, 4.69) is 5.10 Å². The van der Waals surface area contributed by atoms with E-state index in [0.29, 0.717) is 13.1 Å². The number of nitrogens with zero attached hydrogens (tertiary/aromatic N) is 3. The normalized spacial score (nSPS) is 21.4. The van der Waals surface area contributed by atoms with Gasteiger partial charge in [-0.05, 0) is 18.9 Å². The smallest absolute Gasteiger partial charge is 0.407 e. The molecular formula is C9H13N3O2. The van der Waals surface area contributed by atoms with E-state index in [9.17, 15) is 4.79 Å². The van der Waals surface area contributed by atoms with Crippen molar-refractivity contribution in [2.75, 3.05) is 6.54 Å². The van der Waals surface area contributed by atoms with Gasteiger partial charge in [0.2, 0.25) is 0 Å². The molecule has 1 aromatic heterocycles. The summed E-state index contributed by atoms with van der Waals surface area (Å²) in [6, 6.07) is 1.94. The molecule has 1 aliphatic rings. The first kappa shape index (κ1) is 9.05. The SMILES string of the molecule is O=C(O)N1CCC[C@H]1Cn1cccn1. The molecule has 0 aromatic carbocycles. The van der Waals surface area contributed by atoms with Crippen molar-refractivity contribution >= 4 is 6.09 Å². The summed E-state index contributed by atoms with van der Waals surface area (Å²) < 4.78 is 1.78. The molecule has 5 heteroatoms. The fraction of sp³-hybridized carbons (Fsp3) is 0.556. The third-order valence-electron chi connectivity index (χ3n) is 2.58. The van der Waals surface area contributed by atoms with Crippen molar-refractivity contribution in [3.05, 3.63) is 18.5 Å². The molecule has 1 aliphatic heterocycles. The monoisotopic (exact) mass is 195 g/mol. The predicted octanol–water partition coefficient (Wildman–Crippen LogP) is 1.03. The third-order valence-corrected chi connectivity index (χ3v) is 2.58. The minimum Gasteiger partial charge on any atom is -0.465 e. The van der Waals surface area contributed by atoms with E-state index < -0.39 is 6.09 Å². The van der Waals surface area contributed by atoms with Crippen molar-refractivity contribution in [2.24, 2.45) is 0 Å². The molecule has 0 saturated carbocycles. The Bertz CT molecular complexity index is 310. The maximum Gasteiger partial charge on any atom is 0.407 e. The second-order valence-corrected chi connectivity index (χ2v) is 3.50. The fourth-order valence-corrected chi connectivity index (χ4v) is 1.90. The van der Waals surface area contributed by atoms with Crippen molar-refractivity contribution in [2.45, 2.75) is 25.4 Å². The Morgan fingerprint density at radius 2 is 2.50 bits per heavy atom. The first-order valence-corrected chi connectivity index (χ1v) is 4.74. The van der Waals surface area contributed by atoms with Crippen molar-refractivity contribution in [3.63, 3.8) is 0 Å². The van der Waals surface area contributed by atoms with E-state index in [0.717, 1.165) is 12.8 Å². The Morgan fingerprint density at radius 1 is 1.64 bits per heavy atom. The maximum atomic E-state index is 10.8. The molecule has 1 amide bonds. The summed E-state index contributed by atoms with van der Waals surface area (Å²) in [7, 11) is 0. The van der Waals surface area contributed by atoms with Crippen LogP contribution in [0.5, 0.6) is 0 Å². The predicted molar refractivity (Wildman–Crippen MR) is 50.0 cm³/mol. The number of aromatic nitrogens is 2. The molecule has 1 aromatic rings. The van der Waals surface area contributed by atoms with E-state index in [1.54, 1.807) is 10.9 Å². The molecule has 0 unspecified atom stereocenters. The zero-order chi connectivity index (χ0) is 9.97. The van der Waals surface area contributed by atoms with Crippen LogP contribution in [0.25, 0.3) is 0 Å². The standard InChI is InChI=1S/C9H13N3O2/c13-9(14)12-6-1-3-8(12)7-11-5-2-4-10-11/h2,4-5,8H,1,3,6-7H2,(H,13,14)/t8-/m0/s1. The van der Waals surface area contributed by atoms with E-state index in [1.165, 1.54) is 4.90 Å². The van der Waals surface area contributed by atoms with E-state index in [1.807, 2.05) is 12.3 Å². The van der Waals surface area contributed by atoms with Crippen LogP contribution in [0, 0.1) is 0 Å². The van der Waals surface area contributed by atoms with Gasteiger partial charge in [0.25, 0.3) is 0 Å². The lowest BCUT2D eigenvalue weighted by atomic mass is 10.2. The van der Waals surface area contributed by atoms with Gasteiger partial charge in [0.05, 0.1) is 12.6 Å². The molecule has 1 saturated heterocycles. The highest BCUT2D eigenvalue weighted by Crippen LogP contribution is 2.18. The molecule has 2 rings (SSSR count). The summed E-state index contributed by atoms with van der Waals surface area (Å²) in [5.41, 5.74) is 0. The van der Waals surface area contributed by atoms with Gasteiger partial charge in [0.1, 0.15) is 0 Å². The van der Waals surface area contributed by atoms with Crippen molar-refractivity contribution < 1.29 is 9.90 Å². The lowest BCUT2D eigenvalue weighted by Crippen LogP contribution is -2.37. The fourth-order valence-electron chi connectivity index (χ4n) is 1.90. The summed E-state index contributed by atoms with van der Waals surface area (Å²) in [5, 5.41) is 13.0. The lowest BCUT2D eigenvalue weighted by molar-refractivity contribution is 0.135. The largest absolute Gasteiger partial charge is 0.465 e. The van der Waals surface area contributed by atoms with E-state index in [-0.39, 0.29) is 6.04 Å². The Balaban J connectivity index is 2.00. The zero-order valence-corrected chi connectivity index (χ0v) is 7.83. The molecule has 2 heterocycles. The number of rotatable bonds is 2. The van der Waals surface area contributed by atoms with Crippen molar-refractivity contribution in [1.82, 2.24) is 14.7 Å². The Morgan fingerprint density at radius 3 is 3.14 bits per heavy atom. The summed E-state index contributed by atoms with van der Waals surface area (Å²) in [4.78, 5) is 12.3. The van der Waals surface area contributed by atoms with Crippen LogP contribution in [0.1, 0.15) is 12.8 Å². The number of hydrogen-bond donors (Lipinski definition) is 1. The van der Waals surface area contributed by atoms with Gasteiger partial charge in [0.15, 0.2) is 0 Å². The van der Waals surface area contributed by atoms with Gasteiger partial charge in [-0.25, -0.2) is 4.79 Å². The van der Waals surface area contributed by atoms with Gasteiger partial charge in [-0.1, -0.05) is 0 Å². The first-order valence-electron chi connectivity index (χ1n) is 4.74. The summed E-state index contributed by atoms with van der Waals surface area (Å²) in [5.74, 6) is 0. The van der Waals surface area contributed by atoms with Crippen LogP contribution in [-0.4, -0.2) is 38.5 Å². The van der Waals surface area contributed by atoms with Crippen molar-refractivity contribution in [3.8, 4) is 0 Å². The Kier molecular flexibility index (Phi) is 2.39. The average molecular weight is 195 g/mol. The Labute approximate surface area is 81.9 Å². The number of likely N-dealkylation sites (tertiary alicyclic amines) is 1. The zero-order valence-electron chi connectivity index (χ0n) is 7.83. The highest BCUT2D eigenvalue weighted by atomic mass is 16.4. The second-order valence-electron chi connectivity index (χ2n) is 3.50. The van der Waals surface area contributed by atoms with E-state index >= 15 is 0 Å². The number of amides is 1.